The Labute approximate surface area is 196 Å². The largest absolute Gasteiger partial charge is 0.330 e. The lowest BCUT2D eigenvalue weighted by Crippen LogP contribution is -2.47. The van der Waals surface area contributed by atoms with Gasteiger partial charge in [-0.05, 0) is 59.2 Å². The van der Waals surface area contributed by atoms with Gasteiger partial charge in [0.05, 0.1) is 6.04 Å². The number of amides is 2. The van der Waals surface area contributed by atoms with Crippen molar-refractivity contribution in [2.24, 2.45) is 0 Å². The van der Waals surface area contributed by atoms with E-state index in [4.69, 9.17) is 0 Å². The molecule has 1 atom stereocenters. The van der Waals surface area contributed by atoms with Crippen molar-refractivity contribution in [2.75, 3.05) is 13.1 Å². The summed E-state index contributed by atoms with van der Waals surface area (Å²) in [6.45, 7) is 9.68. The topological polar surface area (TPSA) is 40.6 Å². The second-order valence-electron chi connectivity index (χ2n) is 10.3. The molecule has 0 saturated heterocycles. The highest BCUT2D eigenvalue weighted by Gasteiger charge is 2.38. The maximum Gasteiger partial charge on any atom is 0.243 e. The van der Waals surface area contributed by atoms with Crippen LogP contribution in [-0.2, 0) is 21.4 Å². The standard InChI is InChI=1S/C27H36N2O2S/c1-5-6-7-24(30)29(21-12-13-21)18-25(31)28-16-14-23-22(15-17-32-23)26(28)19-8-10-20(11-9-19)27(2,3)4/h8-11,15,17,21,26H,5-7,12-14,16,18H2,1-4H3. The van der Waals surface area contributed by atoms with Gasteiger partial charge in [0.1, 0.15) is 6.54 Å². The van der Waals surface area contributed by atoms with Gasteiger partial charge in [-0.3, -0.25) is 9.59 Å². The van der Waals surface area contributed by atoms with Crippen molar-refractivity contribution in [3.05, 3.63) is 57.3 Å². The highest BCUT2D eigenvalue weighted by Crippen LogP contribution is 2.39. The van der Waals surface area contributed by atoms with Crippen molar-refractivity contribution >= 4 is 23.2 Å². The van der Waals surface area contributed by atoms with Gasteiger partial charge in [-0.1, -0.05) is 58.4 Å². The lowest BCUT2D eigenvalue weighted by molar-refractivity contribution is -0.142. The van der Waals surface area contributed by atoms with Crippen LogP contribution in [0.5, 0.6) is 0 Å². The van der Waals surface area contributed by atoms with Crippen LogP contribution >= 0.6 is 11.3 Å². The number of carbonyl (C=O) groups excluding carboxylic acids is 2. The average Bonchev–Trinajstić information content (AvgIpc) is 3.50. The molecule has 4 nitrogen and oxygen atoms in total. The van der Waals surface area contributed by atoms with Crippen LogP contribution in [0.1, 0.15) is 87.4 Å². The maximum atomic E-state index is 13.6. The first kappa shape index (κ1) is 23.0. The van der Waals surface area contributed by atoms with Crippen molar-refractivity contribution in [1.82, 2.24) is 9.80 Å². The molecule has 4 rings (SSSR count). The normalized spacial score (nSPS) is 18.4. The summed E-state index contributed by atoms with van der Waals surface area (Å²) in [4.78, 5) is 31.6. The van der Waals surface area contributed by atoms with E-state index in [9.17, 15) is 9.59 Å². The van der Waals surface area contributed by atoms with Crippen LogP contribution in [0.15, 0.2) is 35.7 Å². The molecule has 0 spiro atoms. The molecular weight excluding hydrogens is 416 g/mol. The van der Waals surface area contributed by atoms with E-state index in [1.165, 1.54) is 16.0 Å². The number of fused-ring (bicyclic) bond motifs is 1. The Morgan fingerprint density at radius 3 is 2.47 bits per heavy atom. The van der Waals surface area contributed by atoms with E-state index in [2.05, 4.69) is 63.4 Å². The summed E-state index contributed by atoms with van der Waals surface area (Å²) in [5, 5.41) is 2.14. The summed E-state index contributed by atoms with van der Waals surface area (Å²) in [6, 6.07) is 11.1. The first-order valence-corrected chi connectivity index (χ1v) is 12.9. The van der Waals surface area contributed by atoms with Crippen LogP contribution in [-0.4, -0.2) is 40.7 Å². The van der Waals surface area contributed by atoms with Gasteiger partial charge in [0.25, 0.3) is 0 Å². The zero-order valence-corrected chi connectivity index (χ0v) is 20.7. The summed E-state index contributed by atoms with van der Waals surface area (Å²) in [5.74, 6) is 0.213. The lowest BCUT2D eigenvalue weighted by atomic mass is 9.85. The molecule has 1 aromatic heterocycles. The van der Waals surface area contributed by atoms with Crippen molar-refractivity contribution < 1.29 is 9.59 Å². The fourth-order valence-corrected chi connectivity index (χ4v) is 5.53. The Balaban J connectivity index is 1.59. The first-order valence-electron chi connectivity index (χ1n) is 12.0. The molecule has 1 aliphatic heterocycles. The Kier molecular flexibility index (Phi) is 6.75. The Morgan fingerprint density at radius 2 is 1.84 bits per heavy atom. The van der Waals surface area contributed by atoms with Crippen LogP contribution < -0.4 is 0 Å². The Hall–Kier alpha value is -2.14. The summed E-state index contributed by atoms with van der Waals surface area (Å²) in [5.41, 5.74) is 3.79. The van der Waals surface area contributed by atoms with E-state index >= 15 is 0 Å². The van der Waals surface area contributed by atoms with Gasteiger partial charge in [-0.15, -0.1) is 11.3 Å². The van der Waals surface area contributed by atoms with Crippen molar-refractivity contribution in [2.45, 2.75) is 83.7 Å². The van der Waals surface area contributed by atoms with Gasteiger partial charge in [-0.2, -0.15) is 0 Å². The number of thiophene rings is 1. The van der Waals surface area contributed by atoms with Crippen LogP contribution in [0.4, 0.5) is 0 Å². The monoisotopic (exact) mass is 452 g/mol. The molecule has 1 aromatic carbocycles. The molecule has 1 fully saturated rings. The van der Waals surface area contributed by atoms with Crippen LogP contribution in [0.3, 0.4) is 0 Å². The van der Waals surface area contributed by atoms with E-state index in [0.29, 0.717) is 13.0 Å². The smallest absolute Gasteiger partial charge is 0.243 e. The van der Waals surface area contributed by atoms with E-state index < -0.39 is 0 Å². The predicted molar refractivity (Wildman–Crippen MR) is 131 cm³/mol. The summed E-state index contributed by atoms with van der Waals surface area (Å²) in [7, 11) is 0. The minimum Gasteiger partial charge on any atom is -0.330 e. The van der Waals surface area contributed by atoms with E-state index in [1.807, 2.05) is 9.80 Å². The molecule has 2 aromatic rings. The summed E-state index contributed by atoms with van der Waals surface area (Å²) < 4.78 is 0. The number of nitrogens with zero attached hydrogens (tertiary/aromatic N) is 2. The van der Waals surface area contributed by atoms with Crippen LogP contribution in [0.25, 0.3) is 0 Å². The molecule has 2 amide bonds. The van der Waals surface area contributed by atoms with E-state index in [0.717, 1.165) is 37.7 Å². The first-order chi connectivity index (χ1) is 15.3. The van der Waals surface area contributed by atoms with Gasteiger partial charge in [0, 0.05) is 23.9 Å². The van der Waals surface area contributed by atoms with Gasteiger partial charge < -0.3 is 9.80 Å². The number of hydrogen-bond acceptors (Lipinski definition) is 3. The third-order valence-electron chi connectivity index (χ3n) is 6.74. The quantitative estimate of drug-likeness (QED) is 0.541. The molecule has 32 heavy (non-hydrogen) atoms. The molecule has 1 unspecified atom stereocenters. The van der Waals surface area contributed by atoms with Crippen molar-refractivity contribution in [3.63, 3.8) is 0 Å². The molecule has 0 N–H and O–H groups in total. The van der Waals surface area contributed by atoms with Gasteiger partial charge in [0.15, 0.2) is 0 Å². The highest BCUT2D eigenvalue weighted by molar-refractivity contribution is 7.10. The third kappa shape index (κ3) is 4.93. The molecule has 0 bridgehead atoms. The number of rotatable bonds is 7. The highest BCUT2D eigenvalue weighted by atomic mass is 32.1. The van der Waals surface area contributed by atoms with Gasteiger partial charge in [0.2, 0.25) is 11.8 Å². The van der Waals surface area contributed by atoms with E-state index in [1.54, 1.807) is 11.3 Å². The van der Waals surface area contributed by atoms with Gasteiger partial charge in [-0.25, -0.2) is 0 Å². The zero-order valence-electron chi connectivity index (χ0n) is 19.9. The summed E-state index contributed by atoms with van der Waals surface area (Å²) >= 11 is 1.79. The minimum atomic E-state index is -0.0710. The average molecular weight is 453 g/mol. The van der Waals surface area contributed by atoms with E-state index in [-0.39, 0.29) is 35.9 Å². The minimum absolute atomic E-state index is 0.0710. The second-order valence-corrected chi connectivity index (χ2v) is 11.3. The molecular formula is C27H36N2O2S. The molecule has 5 heteroatoms. The number of unbranched alkanes of at least 4 members (excludes halogenated alkanes) is 1. The predicted octanol–water partition coefficient (Wildman–Crippen LogP) is 5.70. The fraction of sp³-hybridized carbons (Fsp3) is 0.556. The SMILES string of the molecule is CCCCC(=O)N(CC(=O)N1CCc2sccc2C1c1ccc(C(C)(C)C)cc1)C1CC1. The fourth-order valence-electron chi connectivity index (χ4n) is 4.63. The number of carbonyl (C=O) groups is 2. The lowest BCUT2D eigenvalue weighted by Gasteiger charge is -2.38. The maximum absolute atomic E-state index is 13.6. The summed E-state index contributed by atoms with van der Waals surface area (Å²) in [6.07, 6.45) is 5.38. The molecule has 172 valence electrons. The van der Waals surface area contributed by atoms with Crippen LogP contribution in [0, 0.1) is 0 Å². The Morgan fingerprint density at radius 1 is 1.12 bits per heavy atom. The molecule has 2 aliphatic rings. The second kappa shape index (κ2) is 9.38. The third-order valence-corrected chi connectivity index (χ3v) is 7.73. The van der Waals surface area contributed by atoms with Gasteiger partial charge >= 0.3 is 0 Å². The molecule has 0 radical (unpaired) electrons. The van der Waals surface area contributed by atoms with Crippen molar-refractivity contribution in [1.29, 1.82) is 0 Å². The Bertz CT molecular complexity index is 953. The van der Waals surface area contributed by atoms with Crippen molar-refractivity contribution in [3.8, 4) is 0 Å². The zero-order chi connectivity index (χ0) is 22.9. The van der Waals surface area contributed by atoms with Crippen LogP contribution in [0.2, 0.25) is 0 Å². The molecule has 1 saturated carbocycles. The number of hydrogen-bond donors (Lipinski definition) is 0. The number of benzene rings is 1. The molecule has 1 aliphatic carbocycles. The molecule has 2 heterocycles.